The Morgan fingerprint density at radius 2 is 1.52 bits per heavy atom. The second-order valence-corrected chi connectivity index (χ2v) is 5.07. The third kappa shape index (κ3) is 2.12. The van der Waals surface area contributed by atoms with Crippen LogP contribution in [-0.2, 0) is 0 Å². The van der Waals surface area contributed by atoms with E-state index < -0.39 is 0 Å². The van der Waals surface area contributed by atoms with Crippen molar-refractivity contribution in [3.8, 4) is 5.75 Å². The van der Waals surface area contributed by atoms with E-state index in [2.05, 4.69) is 0 Å². The van der Waals surface area contributed by atoms with Crippen LogP contribution in [0.2, 0.25) is 5.02 Å². The van der Waals surface area contributed by atoms with Gasteiger partial charge in [-0.3, -0.25) is 4.79 Å². The number of fused-ring (bicyclic) bond motifs is 1. The first-order chi connectivity index (χ1) is 10.1. The highest BCUT2D eigenvalue weighted by atomic mass is 35.5. The number of anilines is 1. The summed E-state index contributed by atoms with van der Waals surface area (Å²) in [7, 11) is 0. The Morgan fingerprint density at radius 1 is 0.952 bits per heavy atom. The average Bonchev–Trinajstić information content (AvgIpc) is 2.53. The second kappa shape index (κ2) is 5.11. The van der Waals surface area contributed by atoms with Crippen molar-refractivity contribution in [1.29, 1.82) is 0 Å². The fourth-order valence-corrected chi connectivity index (χ4v) is 2.71. The molecule has 4 heteroatoms. The quantitative estimate of drug-likeness (QED) is 0.427. The average molecular weight is 298 g/mol. The molecule has 3 rings (SSSR count). The van der Waals surface area contributed by atoms with Gasteiger partial charge < -0.3 is 10.8 Å². The summed E-state index contributed by atoms with van der Waals surface area (Å²) < 4.78 is 0. The van der Waals surface area contributed by atoms with E-state index >= 15 is 0 Å². The normalized spacial score (nSPS) is 10.7. The standard InChI is InChI=1S/C17H12ClNO2/c18-14-11-8-4-5-9-12(11)17(21)15(19)13(14)16(20)10-6-2-1-3-7-10/h1-9,21H,19H2. The van der Waals surface area contributed by atoms with Crippen molar-refractivity contribution in [3.63, 3.8) is 0 Å². The number of carbonyl (C=O) groups is 1. The van der Waals surface area contributed by atoms with Gasteiger partial charge in [0.15, 0.2) is 5.78 Å². The molecule has 0 spiro atoms. The van der Waals surface area contributed by atoms with Crippen molar-refractivity contribution < 1.29 is 9.90 Å². The van der Waals surface area contributed by atoms with E-state index in [1.54, 1.807) is 48.5 Å². The number of hydrogen-bond donors (Lipinski definition) is 2. The van der Waals surface area contributed by atoms with Crippen LogP contribution in [-0.4, -0.2) is 10.9 Å². The van der Waals surface area contributed by atoms with Crippen molar-refractivity contribution in [2.24, 2.45) is 0 Å². The van der Waals surface area contributed by atoms with Crippen LogP contribution < -0.4 is 5.73 Å². The molecule has 0 bridgehead atoms. The molecule has 0 unspecified atom stereocenters. The first-order valence-electron chi connectivity index (χ1n) is 6.39. The maximum Gasteiger partial charge on any atom is 0.196 e. The molecule has 0 aliphatic heterocycles. The van der Waals surface area contributed by atoms with E-state index in [4.69, 9.17) is 17.3 Å². The van der Waals surface area contributed by atoms with Crippen LogP contribution in [0.15, 0.2) is 54.6 Å². The molecule has 3 nitrogen and oxygen atoms in total. The van der Waals surface area contributed by atoms with Crippen LogP contribution in [0.4, 0.5) is 5.69 Å². The van der Waals surface area contributed by atoms with Gasteiger partial charge in [-0.25, -0.2) is 0 Å². The van der Waals surface area contributed by atoms with Crippen molar-refractivity contribution in [3.05, 3.63) is 70.7 Å². The molecule has 0 aromatic heterocycles. The molecular weight excluding hydrogens is 286 g/mol. The van der Waals surface area contributed by atoms with Gasteiger partial charge in [-0.1, -0.05) is 66.2 Å². The van der Waals surface area contributed by atoms with Crippen LogP contribution >= 0.6 is 11.6 Å². The van der Waals surface area contributed by atoms with Gasteiger partial charge in [0.2, 0.25) is 0 Å². The fraction of sp³-hybridized carbons (Fsp3) is 0. The van der Waals surface area contributed by atoms with Gasteiger partial charge >= 0.3 is 0 Å². The Hall–Kier alpha value is -2.52. The highest BCUT2D eigenvalue weighted by Crippen LogP contribution is 2.40. The number of ketones is 1. The maximum absolute atomic E-state index is 12.6. The molecule has 0 aliphatic carbocycles. The third-order valence-corrected chi connectivity index (χ3v) is 3.82. The molecule has 0 aliphatic rings. The number of phenols is 1. The van der Waals surface area contributed by atoms with Crippen LogP contribution in [0.25, 0.3) is 10.8 Å². The lowest BCUT2D eigenvalue weighted by molar-refractivity contribution is 0.103. The van der Waals surface area contributed by atoms with Crippen molar-refractivity contribution in [2.45, 2.75) is 0 Å². The molecule has 104 valence electrons. The number of hydrogen-bond acceptors (Lipinski definition) is 3. The van der Waals surface area contributed by atoms with E-state index in [0.717, 1.165) is 0 Å². The Morgan fingerprint density at radius 3 is 2.19 bits per heavy atom. The summed E-state index contributed by atoms with van der Waals surface area (Å²) in [5, 5.41) is 11.6. The number of aromatic hydroxyl groups is 1. The Kier molecular flexibility index (Phi) is 3.28. The largest absolute Gasteiger partial charge is 0.505 e. The highest BCUT2D eigenvalue weighted by Gasteiger charge is 2.22. The molecule has 3 aromatic rings. The smallest absolute Gasteiger partial charge is 0.196 e. The number of nitrogens with two attached hydrogens (primary N) is 1. The summed E-state index contributed by atoms with van der Waals surface area (Å²) in [6.45, 7) is 0. The van der Waals surface area contributed by atoms with E-state index in [-0.39, 0.29) is 27.8 Å². The SMILES string of the molecule is Nc1c(C(=O)c2ccccc2)c(Cl)c2ccccc2c1O. The molecule has 3 aromatic carbocycles. The lowest BCUT2D eigenvalue weighted by atomic mass is 9.97. The minimum Gasteiger partial charge on any atom is -0.505 e. The molecule has 3 N–H and O–H groups in total. The molecule has 0 saturated carbocycles. The molecule has 0 amide bonds. The van der Waals surface area contributed by atoms with Gasteiger partial charge in [-0.2, -0.15) is 0 Å². The fourth-order valence-electron chi connectivity index (χ4n) is 2.35. The maximum atomic E-state index is 12.6. The molecule has 0 atom stereocenters. The lowest BCUT2D eigenvalue weighted by Gasteiger charge is -2.13. The van der Waals surface area contributed by atoms with Gasteiger partial charge in [-0.15, -0.1) is 0 Å². The monoisotopic (exact) mass is 297 g/mol. The first kappa shape index (κ1) is 13.5. The molecular formula is C17H12ClNO2. The van der Waals surface area contributed by atoms with E-state index in [1.165, 1.54) is 0 Å². The minimum atomic E-state index is -0.306. The number of halogens is 1. The second-order valence-electron chi connectivity index (χ2n) is 4.69. The van der Waals surface area contributed by atoms with Crippen LogP contribution in [0.1, 0.15) is 15.9 Å². The zero-order valence-corrected chi connectivity index (χ0v) is 11.8. The number of benzene rings is 3. The van der Waals surface area contributed by atoms with Crippen LogP contribution in [0, 0.1) is 0 Å². The summed E-state index contributed by atoms with van der Waals surface area (Å²) in [5.41, 5.74) is 6.55. The van der Waals surface area contributed by atoms with E-state index in [1.807, 2.05) is 6.07 Å². The number of phenolic OH excluding ortho intramolecular Hbond substituents is 1. The number of nitrogen functional groups attached to an aromatic ring is 1. The van der Waals surface area contributed by atoms with Gasteiger partial charge in [0.1, 0.15) is 5.75 Å². The zero-order valence-electron chi connectivity index (χ0n) is 11.0. The molecule has 0 saturated heterocycles. The Labute approximate surface area is 126 Å². The summed E-state index contributed by atoms with van der Waals surface area (Å²) in [4.78, 5) is 12.6. The molecule has 0 fully saturated rings. The topological polar surface area (TPSA) is 63.3 Å². The lowest BCUT2D eigenvalue weighted by Crippen LogP contribution is -2.07. The van der Waals surface area contributed by atoms with E-state index in [9.17, 15) is 9.90 Å². The van der Waals surface area contributed by atoms with Crippen molar-refractivity contribution in [1.82, 2.24) is 0 Å². The minimum absolute atomic E-state index is 0.00699. The summed E-state index contributed by atoms with van der Waals surface area (Å²) in [6.07, 6.45) is 0. The number of rotatable bonds is 2. The highest BCUT2D eigenvalue weighted by molar-refractivity contribution is 6.41. The third-order valence-electron chi connectivity index (χ3n) is 3.43. The molecule has 0 heterocycles. The number of carbonyl (C=O) groups excluding carboxylic acids is 1. The van der Waals surface area contributed by atoms with Crippen LogP contribution in [0.5, 0.6) is 5.75 Å². The van der Waals surface area contributed by atoms with Crippen molar-refractivity contribution >= 4 is 33.8 Å². The van der Waals surface area contributed by atoms with Gasteiger partial charge in [-0.05, 0) is 0 Å². The van der Waals surface area contributed by atoms with Gasteiger partial charge in [0, 0.05) is 16.3 Å². The summed E-state index contributed by atoms with van der Waals surface area (Å²) in [5.74, 6) is -0.423. The Balaban J connectivity index is 2.31. The van der Waals surface area contributed by atoms with Crippen molar-refractivity contribution in [2.75, 3.05) is 5.73 Å². The van der Waals surface area contributed by atoms with Gasteiger partial charge in [0.05, 0.1) is 16.3 Å². The predicted octanol–water partition coefficient (Wildman–Crippen LogP) is 4.01. The summed E-state index contributed by atoms with van der Waals surface area (Å²) in [6, 6.07) is 15.7. The Bertz CT molecular complexity index is 844. The van der Waals surface area contributed by atoms with E-state index in [0.29, 0.717) is 16.3 Å². The van der Waals surface area contributed by atoms with Crippen LogP contribution in [0.3, 0.4) is 0 Å². The van der Waals surface area contributed by atoms with Gasteiger partial charge in [0.25, 0.3) is 0 Å². The summed E-state index contributed by atoms with van der Waals surface area (Å²) >= 11 is 6.35. The molecule has 21 heavy (non-hydrogen) atoms. The molecule has 0 radical (unpaired) electrons. The first-order valence-corrected chi connectivity index (χ1v) is 6.77. The predicted molar refractivity (Wildman–Crippen MR) is 84.9 cm³/mol. The zero-order chi connectivity index (χ0) is 15.0.